The standard InChI is InChI=1S/C13H22N2S/c1-2-12(13-4-3-9-16-13)15-10-11-5-7-14-8-6-11/h3-4,9,11-12,14-15H,2,5-8,10H2,1H3. The van der Waals surface area contributed by atoms with Gasteiger partial charge in [0.05, 0.1) is 0 Å². The lowest BCUT2D eigenvalue weighted by molar-refractivity contribution is 0.339. The lowest BCUT2D eigenvalue weighted by Gasteiger charge is -2.25. The Balaban J connectivity index is 1.78. The Morgan fingerprint density at radius 1 is 1.50 bits per heavy atom. The largest absolute Gasteiger partial charge is 0.317 e. The molecule has 0 spiro atoms. The van der Waals surface area contributed by atoms with Gasteiger partial charge in [-0.25, -0.2) is 0 Å². The van der Waals surface area contributed by atoms with Crippen LogP contribution in [0.25, 0.3) is 0 Å². The second-order valence-corrected chi connectivity index (χ2v) is 5.56. The van der Waals surface area contributed by atoms with Crippen molar-refractivity contribution in [3.8, 4) is 0 Å². The molecule has 1 atom stereocenters. The molecule has 90 valence electrons. The zero-order valence-electron chi connectivity index (χ0n) is 10.0. The van der Waals surface area contributed by atoms with Crippen LogP contribution in [0, 0.1) is 5.92 Å². The summed E-state index contributed by atoms with van der Waals surface area (Å²) in [7, 11) is 0. The first kappa shape index (κ1) is 12.1. The van der Waals surface area contributed by atoms with Gasteiger partial charge in [0.2, 0.25) is 0 Å². The number of piperidine rings is 1. The Labute approximate surface area is 102 Å². The summed E-state index contributed by atoms with van der Waals surface area (Å²) in [6.07, 6.45) is 3.84. The Morgan fingerprint density at radius 3 is 2.94 bits per heavy atom. The van der Waals surface area contributed by atoms with Crippen LogP contribution >= 0.6 is 11.3 Å². The van der Waals surface area contributed by atoms with Crippen LogP contribution in [-0.4, -0.2) is 19.6 Å². The van der Waals surface area contributed by atoms with E-state index in [9.17, 15) is 0 Å². The normalized spacial score (nSPS) is 19.8. The van der Waals surface area contributed by atoms with Crippen molar-refractivity contribution < 1.29 is 0 Å². The molecule has 0 saturated carbocycles. The van der Waals surface area contributed by atoms with Crippen LogP contribution in [0.1, 0.15) is 37.1 Å². The first-order valence-electron chi connectivity index (χ1n) is 6.37. The molecule has 2 N–H and O–H groups in total. The quantitative estimate of drug-likeness (QED) is 0.824. The van der Waals surface area contributed by atoms with Gasteiger partial charge in [-0.2, -0.15) is 0 Å². The monoisotopic (exact) mass is 238 g/mol. The van der Waals surface area contributed by atoms with Crippen molar-refractivity contribution in [3.05, 3.63) is 22.4 Å². The van der Waals surface area contributed by atoms with Gasteiger partial charge in [0.25, 0.3) is 0 Å². The minimum atomic E-state index is 0.565. The number of nitrogens with one attached hydrogen (secondary N) is 2. The van der Waals surface area contributed by atoms with Crippen LogP contribution in [0.2, 0.25) is 0 Å². The van der Waals surface area contributed by atoms with Gasteiger partial charge in [-0.05, 0) is 56.3 Å². The topological polar surface area (TPSA) is 24.1 Å². The molecule has 16 heavy (non-hydrogen) atoms. The Bertz CT molecular complexity index is 278. The molecule has 1 aliphatic rings. The van der Waals surface area contributed by atoms with Gasteiger partial charge in [0.1, 0.15) is 0 Å². The molecule has 1 fully saturated rings. The van der Waals surface area contributed by atoms with Crippen LogP contribution < -0.4 is 10.6 Å². The minimum Gasteiger partial charge on any atom is -0.317 e. The second-order valence-electron chi connectivity index (χ2n) is 4.58. The van der Waals surface area contributed by atoms with E-state index >= 15 is 0 Å². The SMILES string of the molecule is CCC(NCC1CCNCC1)c1cccs1. The fraction of sp³-hybridized carbons (Fsp3) is 0.692. The average Bonchev–Trinajstić information content (AvgIpc) is 2.85. The van der Waals surface area contributed by atoms with Gasteiger partial charge in [0.15, 0.2) is 0 Å². The summed E-state index contributed by atoms with van der Waals surface area (Å²) < 4.78 is 0. The van der Waals surface area contributed by atoms with Crippen molar-refractivity contribution in [3.63, 3.8) is 0 Å². The van der Waals surface area contributed by atoms with E-state index in [2.05, 4.69) is 35.1 Å². The number of thiophene rings is 1. The van der Waals surface area contributed by atoms with Gasteiger partial charge in [-0.3, -0.25) is 0 Å². The molecule has 0 aliphatic carbocycles. The predicted octanol–water partition coefficient (Wildman–Crippen LogP) is 2.79. The van der Waals surface area contributed by atoms with Crippen molar-refractivity contribution >= 4 is 11.3 Å². The van der Waals surface area contributed by atoms with E-state index < -0.39 is 0 Å². The second kappa shape index (κ2) is 6.38. The summed E-state index contributed by atoms with van der Waals surface area (Å²) in [5, 5.41) is 9.31. The van der Waals surface area contributed by atoms with E-state index in [0.717, 1.165) is 5.92 Å². The summed E-state index contributed by atoms with van der Waals surface area (Å²) in [4.78, 5) is 1.48. The Morgan fingerprint density at radius 2 is 2.31 bits per heavy atom. The van der Waals surface area contributed by atoms with E-state index in [-0.39, 0.29) is 0 Å². The fourth-order valence-corrected chi connectivity index (χ4v) is 3.22. The molecular formula is C13H22N2S. The summed E-state index contributed by atoms with van der Waals surface area (Å²) in [5.41, 5.74) is 0. The molecule has 0 bridgehead atoms. The molecule has 0 radical (unpaired) electrons. The molecule has 0 aromatic carbocycles. The Hall–Kier alpha value is -0.380. The van der Waals surface area contributed by atoms with Crippen molar-refractivity contribution in [1.82, 2.24) is 10.6 Å². The van der Waals surface area contributed by atoms with E-state index in [1.165, 1.54) is 43.8 Å². The van der Waals surface area contributed by atoms with Gasteiger partial charge in [-0.15, -0.1) is 11.3 Å². The summed E-state index contributed by atoms with van der Waals surface area (Å²) >= 11 is 1.87. The third-order valence-corrected chi connectivity index (χ3v) is 4.39. The van der Waals surface area contributed by atoms with Crippen LogP contribution in [0.4, 0.5) is 0 Å². The average molecular weight is 238 g/mol. The lowest BCUT2D eigenvalue weighted by Crippen LogP contribution is -2.34. The zero-order valence-corrected chi connectivity index (χ0v) is 10.9. The van der Waals surface area contributed by atoms with E-state index in [0.29, 0.717) is 6.04 Å². The maximum absolute atomic E-state index is 3.72. The molecule has 2 rings (SSSR count). The smallest absolute Gasteiger partial charge is 0.0412 e. The van der Waals surface area contributed by atoms with Gasteiger partial charge >= 0.3 is 0 Å². The van der Waals surface area contributed by atoms with Gasteiger partial charge in [0, 0.05) is 10.9 Å². The van der Waals surface area contributed by atoms with Gasteiger partial charge in [-0.1, -0.05) is 13.0 Å². The summed E-state index contributed by atoms with van der Waals surface area (Å²) in [5.74, 6) is 0.871. The molecule has 1 aliphatic heterocycles. The molecule has 1 aromatic rings. The van der Waals surface area contributed by atoms with Gasteiger partial charge < -0.3 is 10.6 Å². The third kappa shape index (κ3) is 3.30. The molecule has 1 saturated heterocycles. The highest BCUT2D eigenvalue weighted by molar-refractivity contribution is 7.10. The van der Waals surface area contributed by atoms with Crippen molar-refractivity contribution in [1.29, 1.82) is 0 Å². The van der Waals surface area contributed by atoms with E-state index in [1.54, 1.807) is 0 Å². The van der Waals surface area contributed by atoms with Crippen LogP contribution in [0.5, 0.6) is 0 Å². The minimum absolute atomic E-state index is 0.565. The van der Waals surface area contributed by atoms with Crippen molar-refractivity contribution in [2.45, 2.75) is 32.2 Å². The highest BCUT2D eigenvalue weighted by atomic mass is 32.1. The number of hydrogen-bond donors (Lipinski definition) is 2. The molecule has 2 heterocycles. The molecule has 3 heteroatoms. The first-order valence-corrected chi connectivity index (χ1v) is 7.25. The maximum Gasteiger partial charge on any atom is 0.0412 e. The maximum atomic E-state index is 3.72. The summed E-state index contributed by atoms with van der Waals surface area (Å²) in [6, 6.07) is 4.96. The molecule has 2 nitrogen and oxygen atoms in total. The lowest BCUT2D eigenvalue weighted by atomic mass is 9.97. The van der Waals surface area contributed by atoms with E-state index in [4.69, 9.17) is 0 Å². The van der Waals surface area contributed by atoms with Crippen molar-refractivity contribution in [2.75, 3.05) is 19.6 Å². The highest BCUT2D eigenvalue weighted by Crippen LogP contribution is 2.22. The molecular weight excluding hydrogens is 216 g/mol. The van der Waals surface area contributed by atoms with Crippen LogP contribution in [0.3, 0.4) is 0 Å². The number of hydrogen-bond acceptors (Lipinski definition) is 3. The highest BCUT2D eigenvalue weighted by Gasteiger charge is 2.15. The zero-order chi connectivity index (χ0) is 11.2. The fourth-order valence-electron chi connectivity index (χ4n) is 2.33. The summed E-state index contributed by atoms with van der Waals surface area (Å²) in [6.45, 7) is 5.84. The van der Waals surface area contributed by atoms with Crippen LogP contribution in [-0.2, 0) is 0 Å². The molecule has 1 aromatic heterocycles. The van der Waals surface area contributed by atoms with Crippen LogP contribution in [0.15, 0.2) is 17.5 Å². The third-order valence-electron chi connectivity index (χ3n) is 3.41. The van der Waals surface area contributed by atoms with Crippen molar-refractivity contribution in [2.24, 2.45) is 5.92 Å². The molecule has 1 unspecified atom stereocenters. The predicted molar refractivity (Wildman–Crippen MR) is 70.9 cm³/mol. The molecule has 0 amide bonds. The number of rotatable bonds is 5. The first-order chi connectivity index (χ1) is 7.90. The van der Waals surface area contributed by atoms with E-state index in [1.807, 2.05) is 11.3 Å². The Kier molecular flexibility index (Phi) is 4.82.